The van der Waals surface area contributed by atoms with E-state index in [2.05, 4.69) is 5.32 Å². The second kappa shape index (κ2) is 6.57. The Bertz CT molecular complexity index is 439. The standard InChI is InChI=1S/C15H23NO3/c1-5-15(18,6-2)10-16-14(17)13-8-7-12(19-4)9-11(13)3/h7-9,18H,5-6,10H2,1-4H3,(H,16,17). The first-order valence-electron chi connectivity index (χ1n) is 6.61. The molecule has 0 unspecified atom stereocenters. The lowest BCUT2D eigenvalue weighted by atomic mass is 9.97. The molecule has 0 fully saturated rings. The lowest BCUT2D eigenvalue weighted by Gasteiger charge is -2.25. The molecule has 0 aliphatic heterocycles. The van der Waals surface area contributed by atoms with Gasteiger partial charge in [0, 0.05) is 12.1 Å². The van der Waals surface area contributed by atoms with Crippen LogP contribution in [0.3, 0.4) is 0 Å². The van der Waals surface area contributed by atoms with E-state index in [-0.39, 0.29) is 12.5 Å². The van der Waals surface area contributed by atoms with Crippen molar-refractivity contribution < 1.29 is 14.6 Å². The number of methoxy groups -OCH3 is 1. The zero-order chi connectivity index (χ0) is 14.5. The quantitative estimate of drug-likeness (QED) is 0.829. The van der Waals surface area contributed by atoms with Gasteiger partial charge >= 0.3 is 0 Å². The third kappa shape index (κ3) is 3.96. The molecule has 0 heterocycles. The molecule has 1 aromatic rings. The normalized spacial score (nSPS) is 11.2. The Morgan fingerprint density at radius 2 is 2.00 bits per heavy atom. The topological polar surface area (TPSA) is 58.6 Å². The lowest BCUT2D eigenvalue weighted by Crippen LogP contribution is -2.42. The molecule has 0 saturated carbocycles. The van der Waals surface area contributed by atoms with Crippen LogP contribution in [0.2, 0.25) is 0 Å². The van der Waals surface area contributed by atoms with Crippen molar-refractivity contribution in [3.63, 3.8) is 0 Å². The molecule has 1 amide bonds. The molecule has 0 atom stereocenters. The van der Waals surface area contributed by atoms with Crippen molar-refractivity contribution in [3.05, 3.63) is 29.3 Å². The molecule has 0 spiro atoms. The second-order valence-electron chi connectivity index (χ2n) is 4.79. The van der Waals surface area contributed by atoms with E-state index in [1.54, 1.807) is 19.2 Å². The van der Waals surface area contributed by atoms with Gasteiger partial charge in [-0.25, -0.2) is 0 Å². The van der Waals surface area contributed by atoms with E-state index in [4.69, 9.17) is 4.74 Å². The molecule has 4 nitrogen and oxygen atoms in total. The summed E-state index contributed by atoms with van der Waals surface area (Å²) in [5.74, 6) is 0.563. The van der Waals surface area contributed by atoms with Crippen LogP contribution in [0, 0.1) is 6.92 Å². The number of carbonyl (C=O) groups is 1. The summed E-state index contributed by atoms with van der Waals surface area (Å²) in [6.07, 6.45) is 1.23. The van der Waals surface area contributed by atoms with E-state index in [1.165, 1.54) is 0 Å². The lowest BCUT2D eigenvalue weighted by molar-refractivity contribution is 0.0314. The summed E-state index contributed by atoms with van der Waals surface area (Å²) in [5.41, 5.74) is 0.638. The number of carbonyl (C=O) groups excluding carboxylic acids is 1. The van der Waals surface area contributed by atoms with Gasteiger partial charge in [-0.15, -0.1) is 0 Å². The molecular formula is C15H23NO3. The van der Waals surface area contributed by atoms with Crippen molar-refractivity contribution in [2.75, 3.05) is 13.7 Å². The average molecular weight is 265 g/mol. The Hall–Kier alpha value is -1.55. The van der Waals surface area contributed by atoms with Gasteiger partial charge in [-0.3, -0.25) is 4.79 Å². The summed E-state index contributed by atoms with van der Waals surface area (Å²) in [5, 5.41) is 12.9. The minimum absolute atomic E-state index is 0.166. The van der Waals surface area contributed by atoms with Crippen molar-refractivity contribution in [2.45, 2.75) is 39.2 Å². The van der Waals surface area contributed by atoms with Crippen LogP contribution in [-0.4, -0.2) is 30.3 Å². The smallest absolute Gasteiger partial charge is 0.251 e. The van der Waals surface area contributed by atoms with Crippen LogP contribution in [0.1, 0.15) is 42.6 Å². The van der Waals surface area contributed by atoms with E-state index in [0.29, 0.717) is 18.4 Å². The number of nitrogens with one attached hydrogen (secondary N) is 1. The van der Waals surface area contributed by atoms with Crippen LogP contribution in [0.15, 0.2) is 18.2 Å². The Balaban J connectivity index is 2.74. The van der Waals surface area contributed by atoms with Crippen molar-refractivity contribution in [3.8, 4) is 5.75 Å². The first-order chi connectivity index (χ1) is 8.95. The van der Waals surface area contributed by atoms with E-state index >= 15 is 0 Å². The fourth-order valence-corrected chi connectivity index (χ4v) is 1.86. The van der Waals surface area contributed by atoms with Gasteiger partial charge in [-0.1, -0.05) is 13.8 Å². The minimum atomic E-state index is -0.823. The highest BCUT2D eigenvalue weighted by Gasteiger charge is 2.23. The molecule has 0 aromatic heterocycles. The minimum Gasteiger partial charge on any atom is -0.497 e. The monoisotopic (exact) mass is 265 g/mol. The number of hydrogen-bond acceptors (Lipinski definition) is 3. The Kier molecular flexibility index (Phi) is 5.36. The summed E-state index contributed by atoms with van der Waals surface area (Å²) in [7, 11) is 1.59. The SMILES string of the molecule is CCC(O)(CC)CNC(=O)c1ccc(OC)cc1C. The summed E-state index contributed by atoms with van der Waals surface area (Å²) < 4.78 is 5.11. The average Bonchev–Trinajstić information content (AvgIpc) is 2.44. The number of amides is 1. The van der Waals surface area contributed by atoms with Crippen LogP contribution >= 0.6 is 0 Å². The van der Waals surface area contributed by atoms with Gasteiger partial charge < -0.3 is 15.2 Å². The third-order valence-electron chi connectivity index (χ3n) is 3.57. The maximum atomic E-state index is 12.1. The van der Waals surface area contributed by atoms with Gasteiger partial charge in [0.1, 0.15) is 5.75 Å². The Morgan fingerprint density at radius 1 is 1.37 bits per heavy atom. The van der Waals surface area contributed by atoms with Crippen molar-refractivity contribution in [1.82, 2.24) is 5.32 Å². The number of aryl methyl sites for hydroxylation is 1. The number of ether oxygens (including phenoxy) is 1. The molecule has 0 aliphatic carbocycles. The fourth-order valence-electron chi connectivity index (χ4n) is 1.86. The van der Waals surface area contributed by atoms with Crippen LogP contribution in [0.4, 0.5) is 0 Å². The summed E-state index contributed by atoms with van der Waals surface area (Å²) in [6.45, 7) is 5.95. The van der Waals surface area contributed by atoms with Gasteiger partial charge in [-0.2, -0.15) is 0 Å². The number of aliphatic hydroxyl groups is 1. The van der Waals surface area contributed by atoms with Gasteiger partial charge in [0.2, 0.25) is 0 Å². The van der Waals surface area contributed by atoms with Gasteiger partial charge in [0.25, 0.3) is 5.91 Å². The summed E-state index contributed by atoms with van der Waals surface area (Å²) in [4.78, 5) is 12.1. The fraction of sp³-hybridized carbons (Fsp3) is 0.533. The highest BCUT2D eigenvalue weighted by Crippen LogP contribution is 2.17. The second-order valence-corrected chi connectivity index (χ2v) is 4.79. The van der Waals surface area contributed by atoms with E-state index < -0.39 is 5.60 Å². The number of benzene rings is 1. The molecule has 0 aliphatic rings. The largest absolute Gasteiger partial charge is 0.497 e. The van der Waals surface area contributed by atoms with Crippen LogP contribution in [0.25, 0.3) is 0 Å². The molecule has 4 heteroatoms. The summed E-state index contributed by atoms with van der Waals surface area (Å²) >= 11 is 0. The van der Waals surface area contributed by atoms with Crippen molar-refractivity contribution in [1.29, 1.82) is 0 Å². The zero-order valence-corrected chi connectivity index (χ0v) is 12.1. The maximum absolute atomic E-state index is 12.1. The third-order valence-corrected chi connectivity index (χ3v) is 3.57. The van der Waals surface area contributed by atoms with Crippen molar-refractivity contribution >= 4 is 5.91 Å². The first-order valence-corrected chi connectivity index (χ1v) is 6.61. The van der Waals surface area contributed by atoms with E-state index in [9.17, 15) is 9.90 Å². The predicted molar refractivity (Wildman–Crippen MR) is 75.6 cm³/mol. The Labute approximate surface area is 114 Å². The summed E-state index contributed by atoms with van der Waals surface area (Å²) in [6, 6.07) is 5.31. The molecule has 0 radical (unpaired) electrons. The van der Waals surface area contributed by atoms with Crippen LogP contribution in [-0.2, 0) is 0 Å². The molecule has 0 bridgehead atoms. The highest BCUT2D eigenvalue weighted by atomic mass is 16.5. The first kappa shape index (κ1) is 15.5. The number of hydrogen-bond donors (Lipinski definition) is 2. The molecule has 106 valence electrons. The van der Waals surface area contributed by atoms with E-state index in [1.807, 2.05) is 26.8 Å². The van der Waals surface area contributed by atoms with E-state index in [0.717, 1.165) is 11.3 Å². The van der Waals surface area contributed by atoms with Gasteiger partial charge in [0.05, 0.1) is 12.7 Å². The molecule has 1 aromatic carbocycles. The predicted octanol–water partition coefficient (Wildman–Crippen LogP) is 2.28. The highest BCUT2D eigenvalue weighted by molar-refractivity contribution is 5.95. The Morgan fingerprint density at radius 3 is 2.47 bits per heavy atom. The zero-order valence-electron chi connectivity index (χ0n) is 12.1. The molecule has 1 rings (SSSR count). The number of rotatable bonds is 6. The van der Waals surface area contributed by atoms with Gasteiger partial charge in [0.15, 0.2) is 0 Å². The van der Waals surface area contributed by atoms with Crippen LogP contribution < -0.4 is 10.1 Å². The van der Waals surface area contributed by atoms with Crippen LogP contribution in [0.5, 0.6) is 5.75 Å². The van der Waals surface area contributed by atoms with Gasteiger partial charge in [-0.05, 0) is 43.5 Å². The molecule has 0 saturated heterocycles. The maximum Gasteiger partial charge on any atom is 0.251 e. The molecule has 2 N–H and O–H groups in total. The molecular weight excluding hydrogens is 242 g/mol. The molecule has 19 heavy (non-hydrogen) atoms. The van der Waals surface area contributed by atoms with Crippen molar-refractivity contribution in [2.24, 2.45) is 0 Å².